The molecule has 0 fully saturated rings. The van der Waals surface area contributed by atoms with E-state index in [1.165, 1.54) is 0 Å². The van der Waals surface area contributed by atoms with Crippen LogP contribution in [0.25, 0.3) is 5.69 Å². The van der Waals surface area contributed by atoms with Gasteiger partial charge in [-0.05, 0) is 32.9 Å². The first-order chi connectivity index (χ1) is 9.46. The van der Waals surface area contributed by atoms with Crippen LogP contribution in [0.5, 0.6) is 5.75 Å². The van der Waals surface area contributed by atoms with E-state index in [1.807, 2.05) is 49.6 Å². The largest absolute Gasteiger partial charge is 0.485 e. The monoisotopic (exact) mass is 271 g/mol. The Morgan fingerprint density at radius 3 is 2.85 bits per heavy atom. The molecule has 5 heteroatoms. The van der Waals surface area contributed by atoms with E-state index >= 15 is 0 Å². The van der Waals surface area contributed by atoms with Crippen molar-refractivity contribution in [3.63, 3.8) is 0 Å². The third-order valence-electron chi connectivity index (χ3n) is 3.06. The molecule has 0 saturated carbocycles. The van der Waals surface area contributed by atoms with E-state index in [0.717, 1.165) is 17.1 Å². The van der Waals surface area contributed by atoms with Crippen molar-refractivity contribution >= 4 is 5.91 Å². The molecule has 0 unspecified atom stereocenters. The third-order valence-corrected chi connectivity index (χ3v) is 3.06. The maximum Gasteiger partial charge on any atom is 0.272 e. The molecule has 3 rings (SSSR count). The van der Waals surface area contributed by atoms with E-state index < -0.39 is 0 Å². The fourth-order valence-electron chi connectivity index (χ4n) is 2.23. The Bertz CT molecular complexity index is 668. The van der Waals surface area contributed by atoms with Crippen LogP contribution >= 0.6 is 0 Å². The highest BCUT2D eigenvalue weighted by Gasteiger charge is 2.26. The summed E-state index contributed by atoms with van der Waals surface area (Å²) in [7, 11) is 0. The van der Waals surface area contributed by atoms with Crippen LogP contribution in [0.15, 0.2) is 30.6 Å². The summed E-state index contributed by atoms with van der Waals surface area (Å²) in [5.41, 5.74) is 1.83. The number of carbonyl (C=O) groups excluding carboxylic acids is 1. The number of fused-ring (bicyclic) bond motifs is 3. The Morgan fingerprint density at radius 2 is 2.10 bits per heavy atom. The highest BCUT2D eigenvalue weighted by atomic mass is 16.5. The normalized spacial score (nSPS) is 13.2. The zero-order chi connectivity index (χ0) is 14.3. The van der Waals surface area contributed by atoms with Gasteiger partial charge in [-0.1, -0.05) is 12.1 Å². The lowest BCUT2D eigenvalue weighted by molar-refractivity contribution is 0.0911. The summed E-state index contributed by atoms with van der Waals surface area (Å²) in [6.45, 7) is 6.18. The Balaban J connectivity index is 2.00. The van der Waals surface area contributed by atoms with Gasteiger partial charge in [0.1, 0.15) is 18.7 Å². The third kappa shape index (κ3) is 2.15. The summed E-state index contributed by atoms with van der Waals surface area (Å²) in [4.78, 5) is 16.5. The molecule has 1 aliphatic heterocycles. The number of para-hydroxylation sites is 2. The summed E-state index contributed by atoms with van der Waals surface area (Å²) < 4.78 is 7.60. The maximum atomic E-state index is 12.3. The zero-order valence-corrected chi connectivity index (χ0v) is 11.8. The van der Waals surface area contributed by atoms with Gasteiger partial charge in [-0.25, -0.2) is 4.98 Å². The number of imidazole rings is 1. The van der Waals surface area contributed by atoms with E-state index in [1.54, 1.807) is 6.33 Å². The van der Waals surface area contributed by atoms with E-state index in [-0.39, 0.29) is 11.4 Å². The minimum atomic E-state index is -0.291. The summed E-state index contributed by atoms with van der Waals surface area (Å²) in [5, 5.41) is 2.93. The van der Waals surface area contributed by atoms with Crippen LogP contribution in [-0.4, -0.2) is 21.0 Å². The summed E-state index contributed by atoms with van der Waals surface area (Å²) in [6, 6.07) is 7.72. The molecule has 1 aliphatic rings. The number of amides is 1. The predicted molar refractivity (Wildman–Crippen MR) is 75.1 cm³/mol. The van der Waals surface area contributed by atoms with Crippen LogP contribution in [-0.2, 0) is 6.61 Å². The molecule has 0 spiro atoms. The number of ether oxygens (including phenoxy) is 1. The first-order valence-electron chi connectivity index (χ1n) is 6.57. The Morgan fingerprint density at radius 1 is 1.35 bits per heavy atom. The fraction of sp³-hybridized carbons (Fsp3) is 0.333. The van der Waals surface area contributed by atoms with Crippen LogP contribution in [0.4, 0.5) is 0 Å². The molecule has 0 saturated heterocycles. The minimum absolute atomic E-state index is 0.172. The molecule has 5 nitrogen and oxygen atoms in total. The molecule has 104 valence electrons. The Kier molecular flexibility index (Phi) is 2.78. The first kappa shape index (κ1) is 12.7. The van der Waals surface area contributed by atoms with E-state index in [0.29, 0.717) is 12.3 Å². The number of nitrogens with zero attached hydrogens (tertiary/aromatic N) is 2. The van der Waals surface area contributed by atoms with Crippen molar-refractivity contribution < 1.29 is 9.53 Å². The molecule has 0 atom stereocenters. The lowest BCUT2D eigenvalue weighted by Crippen LogP contribution is -2.41. The van der Waals surface area contributed by atoms with Gasteiger partial charge >= 0.3 is 0 Å². The minimum Gasteiger partial charge on any atom is -0.485 e. The lowest BCUT2D eigenvalue weighted by Gasteiger charge is -2.22. The topological polar surface area (TPSA) is 56.2 Å². The van der Waals surface area contributed by atoms with E-state index in [2.05, 4.69) is 10.3 Å². The van der Waals surface area contributed by atoms with E-state index in [9.17, 15) is 4.79 Å². The second kappa shape index (κ2) is 4.37. The van der Waals surface area contributed by atoms with Gasteiger partial charge in [0.2, 0.25) is 0 Å². The quantitative estimate of drug-likeness (QED) is 0.865. The van der Waals surface area contributed by atoms with Crippen molar-refractivity contribution in [3.8, 4) is 11.4 Å². The van der Waals surface area contributed by atoms with Gasteiger partial charge in [-0.3, -0.25) is 9.36 Å². The molecular formula is C15H17N3O2. The van der Waals surface area contributed by atoms with Crippen LogP contribution < -0.4 is 10.1 Å². The van der Waals surface area contributed by atoms with Crippen LogP contribution in [0.2, 0.25) is 0 Å². The van der Waals surface area contributed by atoms with E-state index in [4.69, 9.17) is 4.74 Å². The number of rotatable bonds is 1. The molecule has 2 heterocycles. The fourth-order valence-corrected chi connectivity index (χ4v) is 2.23. The second-order valence-electron chi connectivity index (χ2n) is 5.87. The van der Waals surface area contributed by atoms with Crippen LogP contribution in [0.3, 0.4) is 0 Å². The molecule has 2 aromatic rings. The van der Waals surface area contributed by atoms with Gasteiger partial charge in [0.25, 0.3) is 5.91 Å². The molecule has 1 N–H and O–H groups in total. The molecule has 1 aromatic heterocycles. The number of hydrogen-bond donors (Lipinski definition) is 1. The van der Waals surface area contributed by atoms with Gasteiger partial charge in [-0.2, -0.15) is 0 Å². The van der Waals surface area contributed by atoms with Gasteiger partial charge in [0, 0.05) is 5.54 Å². The molecule has 0 radical (unpaired) electrons. The summed E-state index contributed by atoms with van der Waals surface area (Å²) >= 11 is 0. The highest BCUT2D eigenvalue weighted by Crippen LogP contribution is 2.30. The van der Waals surface area contributed by atoms with Crippen molar-refractivity contribution in [3.05, 3.63) is 42.0 Å². The highest BCUT2D eigenvalue weighted by molar-refractivity contribution is 5.94. The summed E-state index contributed by atoms with van der Waals surface area (Å²) in [6.07, 6.45) is 1.67. The molecule has 0 bridgehead atoms. The van der Waals surface area contributed by atoms with Crippen molar-refractivity contribution in [1.29, 1.82) is 0 Å². The molecule has 1 aromatic carbocycles. The Labute approximate surface area is 117 Å². The standard InChI is InChI=1S/C15H17N3O2/c1-15(2,3)17-14(19)13-11-8-20-12-7-5-4-6-10(12)18(11)9-16-13/h4-7,9H,8H2,1-3H3,(H,17,19). The van der Waals surface area contributed by atoms with Gasteiger partial charge in [0.05, 0.1) is 11.4 Å². The molecule has 0 aliphatic carbocycles. The van der Waals surface area contributed by atoms with Crippen molar-refractivity contribution in [2.75, 3.05) is 0 Å². The number of hydrogen-bond acceptors (Lipinski definition) is 3. The average molecular weight is 271 g/mol. The number of benzene rings is 1. The van der Waals surface area contributed by atoms with Crippen LogP contribution in [0.1, 0.15) is 37.0 Å². The number of nitrogens with one attached hydrogen (secondary N) is 1. The predicted octanol–water partition coefficient (Wildman–Crippen LogP) is 2.29. The van der Waals surface area contributed by atoms with Crippen molar-refractivity contribution in [1.82, 2.24) is 14.9 Å². The van der Waals surface area contributed by atoms with Gasteiger partial charge in [-0.15, -0.1) is 0 Å². The maximum absolute atomic E-state index is 12.3. The average Bonchev–Trinajstić information content (AvgIpc) is 2.81. The van der Waals surface area contributed by atoms with Gasteiger partial charge < -0.3 is 10.1 Å². The number of carbonyl (C=O) groups is 1. The SMILES string of the molecule is CC(C)(C)NC(=O)c1ncn2c1COc1ccccc1-2. The van der Waals surface area contributed by atoms with Crippen LogP contribution in [0, 0.1) is 0 Å². The van der Waals surface area contributed by atoms with Crippen molar-refractivity contribution in [2.45, 2.75) is 32.9 Å². The first-order valence-corrected chi connectivity index (χ1v) is 6.57. The lowest BCUT2D eigenvalue weighted by atomic mass is 10.1. The van der Waals surface area contributed by atoms with Crippen molar-refractivity contribution in [2.24, 2.45) is 0 Å². The number of aromatic nitrogens is 2. The molecule has 20 heavy (non-hydrogen) atoms. The molecule has 1 amide bonds. The van der Waals surface area contributed by atoms with Gasteiger partial charge in [0.15, 0.2) is 5.69 Å². The second-order valence-corrected chi connectivity index (χ2v) is 5.87. The summed E-state index contributed by atoms with van der Waals surface area (Å²) in [5.74, 6) is 0.634. The zero-order valence-electron chi connectivity index (χ0n) is 11.8. The molecular weight excluding hydrogens is 254 g/mol. The Hall–Kier alpha value is -2.30. The smallest absolute Gasteiger partial charge is 0.272 e.